The van der Waals surface area contributed by atoms with E-state index in [0.717, 1.165) is 28.2 Å². The van der Waals surface area contributed by atoms with E-state index in [1.54, 1.807) is 0 Å². The van der Waals surface area contributed by atoms with E-state index in [9.17, 15) is 0 Å². The molecule has 0 fully saturated rings. The smallest absolute Gasteiger partial charge is 0.0540 e. The van der Waals surface area contributed by atoms with Crippen LogP contribution >= 0.6 is 0 Å². The van der Waals surface area contributed by atoms with Gasteiger partial charge in [0, 0.05) is 16.8 Å². The summed E-state index contributed by atoms with van der Waals surface area (Å²) in [5.74, 6) is 0. The Hall–Kier alpha value is -7.74. The third-order valence-corrected chi connectivity index (χ3v) is 11.9. The predicted octanol–water partition coefficient (Wildman–Crippen LogP) is 16.4. The van der Waals surface area contributed by atoms with Gasteiger partial charge < -0.3 is 4.90 Å². The van der Waals surface area contributed by atoms with Gasteiger partial charge in [-0.1, -0.05) is 200 Å². The highest BCUT2D eigenvalue weighted by Crippen LogP contribution is 2.46. The van der Waals surface area contributed by atoms with Crippen LogP contribution in [-0.2, 0) is 0 Å². The molecule has 11 aromatic rings. The third-order valence-electron chi connectivity index (χ3n) is 11.9. The molecule has 0 aliphatic carbocycles. The van der Waals surface area contributed by atoms with Crippen LogP contribution in [0.3, 0.4) is 0 Å². The molecule has 0 bridgehead atoms. The summed E-state index contributed by atoms with van der Waals surface area (Å²) >= 11 is 0. The number of rotatable bonds is 7. The summed E-state index contributed by atoms with van der Waals surface area (Å²) in [7, 11) is 0. The molecule has 0 spiro atoms. The van der Waals surface area contributed by atoms with Crippen molar-refractivity contribution in [2.75, 3.05) is 4.90 Å². The maximum Gasteiger partial charge on any atom is 0.0540 e. The first-order valence-electron chi connectivity index (χ1n) is 20.3. The van der Waals surface area contributed by atoms with Crippen molar-refractivity contribution < 1.29 is 0 Å². The van der Waals surface area contributed by atoms with Crippen molar-refractivity contribution >= 4 is 60.2 Å². The van der Waals surface area contributed by atoms with Crippen LogP contribution in [0.5, 0.6) is 0 Å². The Labute approximate surface area is 344 Å². The summed E-state index contributed by atoms with van der Waals surface area (Å²) in [6, 6.07) is 86.3. The van der Waals surface area contributed by atoms with Gasteiger partial charge in [-0.2, -0.15) is 0 Å². The fourth-order valence-electron chi connectivity index (χ4n) is 8.97. The van der Waals surface area contributed by atoms with Gasteiger partial charge in [-0.3, -0.25) is 0 Å². The fraction of sp³-hybridized carbons (Fsp3) is 0. The SMILES string of the molecule is c1ccc(-c2ccccc2N(c2ccc(-c3cccc4ccccc34)cc2)c2ccc(-c3ccc4c(ccc5c6ccccc6ccc45)c3)cc2-c2ccccc2)cc1. The van der Waals surface area contributed by atoms with E-state index < -0.39 is 0 Å². The van der Waals surface area contributed by atoms with Crippen molar-refractivity contribution in [1.82, 2.24) is 0 Å². The van der Waals surface area contributed by atoms with Gasteiger partial charge in [0.05, 0.1) is 11.4 Å². The molecule has 11 rings (SSSR count). The van der Waals surface area contributed by atoms with Crippen LogP contribution < -0.4 is 4.90 Å². The first-order valence-corrected chi connectivity index (χ1v) is 20.3. The Balaban J connectivity index is 1.09. The molecule has 0 radical (unpaired) electrons. The lowest BCUT2D eigenvalue weighted by atomic mass is 9.92. The summed E-state index contributed by atoms with van der Waals surface area (Å²) in [6.45, 7) is 0. The molecule has 276 valence electrons. The number of hydrogen-bond acceptors (Lipinski definition) is 1. The van der Waals surface area contributed by atoms with Crippen molar-refractivity contribution in [2.45, 2.75) is 0 Å². The van der Waals surface area contributed by atoms with E-state index in [-0.39, 0.29) is 0 Å². The second-order valence-corrected chi connectivity index (χ2v) is 15.3. The molecule has 0 aliphatic rings. The molecule has 1 nitrogen and oxygen atoms in total. The first kappa shape index (κ1) is 34.5. The van der Waals surface area contributed by atoms with E-state index in [4.69, 9.17) is 0 Å². The van der Waals surface area contributed by atoms with Crippen LogP contribution in [0.4, 0.5) is 17.1 Å². The minimum absolute atomic E-state index is 1.09. The average Bonchev–Trinajstić information content (AvgIpc) is 3.32. The van der Waals surface area contributed by atoms with E-state index in [1.165, 1.54) is 76.5 Å². The summed E-state index contributed by atoms with van der Waals surface area (Å²) < 4.78 is 0. The predicted molar refractivity (Wildman–Crippen MR) is 253 cm³/mol. The number of hydrogen-bond donors (Lipinski definition) is 0. The van der Waals surface area contributed by atoms with E-state index in [0.29, 0.717) is 0 Å². The molecule has 0 heterocycles. The highest BCUT2D eigenvalue weighted by atomic mass is 15.1. The number of anilines is 3. The van der Waals surface area contributed by atoms with Crippen LogP contribution in [0.2, 0.25) is 0 Å². The fourth-order valence-corrected chi connectivity index (χ4v) is 8.97. The lowest BCUT2D eigenvalue weighted by Gasteiger charge is -2.30. The first-order chi connectivity index (χ1) is 29.3. The number of fused-ring (bicyclic) bond motifs is 6. The highest BCUT2D eigenvalue weighted by Gasteiger charge is 2.21. The van der Waals surface area contributed by atoms with Gasteiger partial charge in [-0.05, 0) is 113 Å². The summed E-state index contributed by atoms with van der Waals surface area (Å²) in [5, 5.41) is 10.1. The van der Waals surface area contributed by atoms with Crippen molar-refractivity contribution in [3.63, 3.8) is 0 Å². The zero-order valence-corrected chi connectivity index (χ0v) is 32.5. The van der Waals surface area contributed by atoms with Crippen molar-refractivity contribution in [3.8, 4) is 44.5 Å². The van der Waals surface area contributed by atoms with Gasteiger partial charge in [0.15, 0.2) is 0 Å². The standard InChI is InChI=1S/C58H39N/c1-3-14-41(15-4-1)53-23-11-12-25-57(53)59(48-32-26-44(27-33-48)50-24-13-20-40-18-7-9-21-49(40)50)58-37-31-46(39-56(58)42-16-5-2-6-17-42)45-29-34-52-47(38-45)30-36-54-51-22-10-8-19-43(51)28-35-55(52)54/h1-39H. The van der Waals surface area contributed by atoms with E-state index in [1.807, 2.05) is 0 Å². The van der Waals surface area contributed by atoms with Gasteiger partial charge in [0.1, 0.15) is 0 Å². The zero-order chi connectivity index (χ0) is 39.1. The molecule has 0 N–H and O–H groups in total. The van der Waals surface area contributed by atoms with Crippen LogP contribution in [-0.4, -0.2) is 0 Å². The minimum atomic E-state index is 1.09. The zero-order valence-electron chi connectivity index (χ0n) is 32.5. The molecule has 0 saturated heterocycles. The molecule has 59 heavy (non-hydrogen) atoms. The van der Waals surface area contributed by atoms with Crippen LogP contribution in [0.25, 0.3) is 87.6 Å². The molecule has 0 aromatic heterocycles. The van der Waals surface area contributed by atoms with Crippen LogP contribution in [0, 0.1) is 0 Å². The lowest BCUT2D eigenvalue weighted by molar-refractivity contribution is 1.28. The van der Waals surface area contributed by atoms with Gasteiger partial charge in [0.25, 0.3) is 0 Å². The maximum atomic E-state index is 2.44. The average molecular weight is 750 g/mol. The Kier molecular flexibility index (Phi) is 8.56. The lowest BCUT2D eigenvalue weighted by Crippen LogP contribution is -2.12. The molecule has 0 amide bonds. The van der Waals surface area contributed by atoms with Crippen molar-refractivity contribution in [1.29, 1.82) is 0 Å². The maximum absolute atomic E-state index is 2.44. The molecular weight excluding hydrogens is 711 g/mol. The van der Waals surface area contributed by atoms with Gasteiger partial charge >= 0.3 is 0 Å². The Morgan fingerprint density at radius 2 is 0.695 bits per heavy atom. The second kappa shape index (κ2) is 14.6. The number of benzene rings is 11. The molecule has 0 atom stereocenters. The van der Waals surface area contributed by atoms with Gasteiger partial charge in [-0.25, -0.2) is 0 Å². The topological polar surface area (TPSA) is 3.24 Å². The summed E-state index contributed by atoms with van der Waals surface area (Å²) in [5.41, 5.74) is 12.8. The second-order valence-electron chi connectivity index (χ2n) is 15.3. The molecule has 11 aromatic carbocycles. The minimum Gasteiger partial charge on any atom is -0.309 e. The molecule has 0 saturated carbocycles. The normalized spacial score (nSPS) is 11.4. The monoisotopic (exact) mass is 749 g/mol. The summed E-state index contributed by atoms with van der Waals surface area (Å²) in [4.78, 5) is 2.44. The van der Waals surface area contributed by atoms with Gasteiger partial charge in [0.2, 0.25) is 0 Å². The third kappa shape index (κ3) is 6.21. The molecular formula is C58H39N. The van der Waals surface area contributed by atoms with E-state index >= 15 is 0 Å². The summed E-state index contributed by atoms with van der Waals surface area (Å²) in [6.07, 6.45) is 0. The molecule has 0 unspecified atom stereocenters. The van der Waals surface area contributed by atoms with Crippen molar-refractivity contribution in [2.24, 2.45) is 0 Å². The largest absolute Gasteiger partial charge is 0.309 e. The van der Waals surface area contributed by atoms with Gasteiger partial charge in [-0.15, -0.1) is 0 Å². The highest BCUT2D eigenvalue weighted by molar-refractivity contribution is 6.17. The Morgan fingerprint density at radius 3 is 1.46 bits per heavy atom. The Bertz CT molecular complexity index is 3310. The van der Waals surface area contributed by atoms with Crippen molar-refractivity contribution in [3.05, 3.63) is 237 Å². The number of nitrogens with zero attached hydrogens (tertiary/aromatic N) is 1. The van der Waals surface area contributed by atoms with E-state index in [2.05, 4.69) is 241 Å². The number of para-hydroxylation sites is 1. The Morgan fingerprint density at radius 1 is 0.220 bits per heavy atom. The quantitative estimate of drug-likeness (QED) is 0.147. The van der Waals surface area contributed by atoms with Crippen LogP contribution in [0.1, 0.15) is 0 Å². The van der Waals surface area contributed by atoms with Crippen LogP contribution in [0.15, 0.2) is 237 Å². The molecule has 1 heteroatoms. The molecule has 0 aliphatic heterocycles.